The van der Waals surface area contributed by atoms with Crippen molar-refractivity contribution in [2.24, 2.45) is 5.92 Å². The van der Waals surface area contributed by atoms with Crippen molar-refractivity contribution >= 4 is 0 Å². The SMILES string of the molecule is CCC1CC1NC1CC(C)N(C)C1. The van der Waals surface area contributed by atoms with E-state index in [-0.39, 0.29) is 0 Å². The summed E-state index contributed by atoms with van der Waals surface area (Å²) in [5.41, 5.74) is 0. The van der Waals surface area contributed by atoms with Crippen LogP contribution in [0.1, 0.15) is 33.1 Å². The largest absolute Gasteiger partial charge is 0.310 e. The molecule has 2 nitrogen and oxygen atoms in total. The van der Waals surface area contributed by atoms with Crippen LogP contribution in [-0.2, 0) is 0 Å². The number of nitrogens with one attached hydrogen (secondary N) is 1. The monoisotopic (exact) mass is 182 g/mol. The molecule has 2 aliphatic rings. The van der Waals surface area contributed by atoms with Crippen LogP contribution < -0.4 is 5.32 Å². The predicted octanol–water partition coefficient (Wildman–Crippen LogP) is 1.47. The number of nitrogens with zero attached hydrogens (tertiary/aromatic N) is 1. The second kappa shape index (κ2) is 3.58. The number of likely N-dealkylation sites (tertiary alicyclic amines) is 1. The Kier molecular flexibility index (Phi) is 2.61. The zero-order chi connectivity index (χ0) is 9.42. The molecule has 76 valence electrons. The molecule has 1 aliphatic heterocycles. The summed E-state index contributed by atoms with van der Waals surface area (Å²) in [4.78, 5) is 2.46. The van der Waals surface area contributed by atoms with Crippen molar-refractivity contribution in [2.45, 2.75) is 51.2 Å². The van der Waals surface area contributed by atoms with Gasteiger partial charge in [0, 0.05) is 24.7 Å². The average molecular weight is 182 g/mol. The lowest BCUT2D eigenvalue weighted by Gasteiger charge is -2.13. The molecular formula is C11H22N2. The molecule has 1 saturated carbocycles. The molecule has 4 atom stereocenters. The van der Waals surface area contributed by atoms with Gasteiger partial charge in [-0.05, 0) is 32.7 Å². The van der Waals surface area contributed by atoms with Crippen molar-refractivity contribution in [2.75, 3.05) is 13.6 Å². The van der Waals surface area contributed by atoms with Gasteiger partial charge in [-0.25, -0.2) is 0 Å². The highest BCUT2D eigenvalue weighted by Gasteiger charge is 2.38. The van der Waals surface area contributed by atoms with E-state index in [0.29, 0.717) is 0 Å². The second-order valence-corrected chi connectivity index (χ2v) is 4.90. The third-order valence-electron chi connectivity index (χ3n) is 3.78. The molecule has 1 N–H and O–H groups in total. The van der Waals surface area contributed by atoms with Crippen LogP contribution in [0.25, 0.3) is 0 Å². The molecule has 1 aliphatic carbocycles. The van der Waals surface area contributed by atoms with Crippen molar-refractivity contribution in [1.29, 1.82) is 0 Å². The van der Waals surface area contributed by atoms with E-state index in [2.05, 4.69) is 31.1 Å². The maximum Gasteiger partial charge on any atom is 0.0212 e. The molecule has 0 bridgehead atoms. The lowest BCUT2D eigenvalue weighted by Crippen LogP contribution is -2.33. The van der Waals surface area contributed by atoms with E-state index in [0.717, 1.165) is 24.0 Å². The van der Waals surface area contributed by atoms with Crippen molar-refractivity contribution in [1.82, 2.24) is 10.2 Å². The standard InChI is InChI=1S/C11H22N2/c1-4-9-6-11(9)12-10-5-8(2)13(3)7-10/h8-12H,4-7H2,1-3H3. The molecule has 2 fully saturated rings. The fourth-order valence-corrected chi connectivity index (χ4v) is 2.52. The Morgan fingerprint density at radius 3 is 2.62 bits per heavy atom. The maximum atomic E-state index is 3.77. The van der Waals surface area contributed by atoms with E-state index in [1.165, 1.54) is 25.8 Å². The van der Waals surface area contributed by atoms with Gasteiger partial charge in [-0.15, -0.1) is 0 Å². The number of hydrogen-bond acceptors (Lipinski definition) is 2. The summed E-state index contributed by atoms with van der Waals surface area (Å²) in [5.74, 6) is 0.987. The van der Waals surface area contributed by atoms with Crippen molar-refractivity contribution in [3.63, 3.8) is 0 Å². The van der Waals surface area contributed by atoms with E-state index in [1.54, 1.807) is 0 Å². The molecular weight excluding hydrogens is 160 g/mol. The molecule has 13 heavy (non-hydrogen) atoms. The predicted molar refractivity (Wildman–Crippen MR) is 55.8 cm³/mol. The fourth-order valence-electron chi connectivity index (χ4n) is 2.52. The number of likely N-dealkylation sites (N-methyl/N-ethyl adjacent to an activating group) is 1. The van der Waals surface area contributed by atoms with E-state index in [1.807, 2.05) is 0 Å². The zero-order valence-electron chi connectivity index (χ0n) is 9.09. The van der Waals surface area contributed by atoms with Crippen LogP contribution in [0, 0.1) is 5.92 Å². The molecule has 4 unspecified atom stereocenters. The smallest absolute Gasteiger partial charge is 0.0212 e. The van der Waals surface area contributed by atoms with E-state index >= 15 is 0 Å². The highest BCUT2D eigenvalue weighted by atomic mass is 15.2. The number of rotatable bonds is 3. The quantitative estimate of drug-likeness (QED) is 0.711. The summed E-state index contributed by atoms with van der Waals surface area (Å²) in [6.07, 6.45) is 4.12. The molecule has 0 aromatic carbocycles. The van der Waals surface area contributed by atoms with Gasteiger partial charge in [0.2, 0.25) is 0 Å². The normalized spacial score (nSPS) is 45.5. The van der Waals surface area contributed by atoms with Crippen LogP contribution in [0.15, 0.2) is 0 Å². The summed E-state index contributed by atoms with van der Waals surface area (Å²) in [5, 5.41) is 3.77. The molecule has 0 aromatic heterocycles. The van der Waals surface area contributed by atoms with Gasteiger partial charge in [0.25, 0.3) is 0 Å². The first-order chi connectivity index (χ1) is 6.20. The fraction of sp³-hybridized carbons (Fsp3) is 1.00. The molecule has 1 heterocycles. The highest BCUT2D eigenvalue weighted by Crippen LogP contribution is 2.34. The maximum absolute atomic E-state index is 3.77. The lowest BCUT2D eigenvalue weighted by atomic mass is 10.2. The lowest BCUT2D eigenvalue weighted by molar-refractivity contribution is 0.326. The number of hydrogen-bond donors (Lipinski definition) is 1. The molecule has 0 radical (unpaired) electrons. The van der Waals surface area contributed by atoms with Crippen molar-refractivity contribution < 1.29 is 0 Å². The van der Waals surface area contributed by atoms with Crippen LogP contribution in [0.4, 0.5) is 0 Å². The Morgan fingerprint density at radius 2 is 2.15 bits per heavy atom. The van der Waals surface area contributed by atoms with Crippen molar-refractivity contribution in [3.05, 3.63) is 0 Å². The third kappa shape index (κ3) is 2.05. The Labute approximate surface area is 81.7 Å². The van der Waals surface area contributed by atoms with Crippen molar-refractivity contribution in [3.8, 4) is 0 Å². The first kappa shape index (κ1) is 9.47. The topological polar surface area (TPSA) is 15.3 Å². The van der Waals surface area contributed by atoms with Crippen LogP contribution in [0.3, 0.4) is 0 Å². The van der Waals surface area contributed by atoms with Gasteiger partial charge < -0.3 is 10.2 Å². The first-order valence-corrected chi connectivity index (χ1v) is 5.67. The van der Waals surface area contributed by atoms with E-state index in [9.17, 15) is 0 Å². The average Bonchev–Trinajstić information content (AvgIpc) is 2.75. The molecule has 0 spiro atoms. The summed E-state index contributed by atoms with van der Waals surface area (Å²) in [7, 11) is 2.23. The van der Waals surface area contributed by atoms with E-state index < -0.39 is 0 Å². The molecule has 0 amide bonds. The molecule has 2 rings (SSSR count). The van der Waals surface area contributed by atoms with Gasteiger partial charge in [0.15, 0.2) is 0 Å². The second-order valence-electron chi connectivity index (χ2n) is 4.90. The Morgan fingerprint density at radius 1 is 1.38 bits per heavy atom. The summed E-state index contributed by atoms with van der Waals surface area (Å²) < 4.78 is 0. The minimum atomic E-state index is 0.765. The van der Waals surface area contributed by atoms with Crippen LogP contribution in [-0.4, -0.2) is 36.6 Å². The third-order valence-corrected chi connectivity index (χ3v) is 3.78. The first-order valence-electron chi connectivity index (χ1n) is 5.67. The highest BCUT2D eigenvalue weighted by molar-refractivity contribution is 4.97. The zero-order valence-corrected chi connectivity index (χ0v) is 9.09. The minimum absolute atomic E-state index is 0.765. The Balaban J connectivity index is 1.72. The molecule has 2 heteroatoms. The van der Waals surface area contributed by atoms with Gasteiger partial charge in [0.1, 0.15) is 0 Å². The van der Waals surface area contributed by atoms with Crippen LogP contribution >= 0.6 is 0 Å². The summed E-state index contributed by atoms with van der Waals surface area (Å²) >= 11 is 0. The molecule has 1 saturated heterocycles. The summed E-state index contributed by atoms with van der Waals surface area (Å²) in [6, 6.07) is 2.39. The van der Waals surface area contributed by atoms with Crippen LogP contribution in [0.5, 0.6) is 0 Å². The van der Waals surface area contributed by atoms with Gasteiger partial charge in [0.05, 0.1) is 0 Å². The Bertz CT molecular complexity index is 171. The van der Waals surface area contributed by atoms with E-state index in [4.69, 9.17) is 0 Å². The van der Waals surface area contributed by atoms with Gasteiger partial charge in [-0.1, -0.05) is 13.3 Å². The van der Waals surface area contributed by atoms with Gasteiger partial charge in [-0.3, -0.25) is 0 Å². The Hall–Kier alpha value is -0.0800. The molecule has 0 aromatic rings. The minimum Gasteiger partial charge on any atom is -0.310 e. The van der Waals surface area contributed by atoms with Crippen LogP contribution in [0.2, 0.25) is 0 Å². The van der Waals surface area contributed by atoms with Gasteiger partial charge in [-0.2, -0.15) is 0 Å². The van der Waals surface area contributed by atoms with Gasteiger partial charge >= 0.3 is 0 Å². The summed E-state index contributed by atoms with van der Waals surface area (Å²) in [6.45, 7) is 5.87.